The van der Waals surface area contributed by atoms with E-state index in [1.54, 1.807) is 0 Å². The van der Waals surface area contributed by atoms with Gasteiger partial charge in [0.1, 0.15) is 0 Å². The van der Waals surface area contributed by atoms with E-state index in [4.69, 9.17) is 0 Å². The fourth-order valence-electron chi connectivity index (χ4n) is 2.10. The predicted octanol–water partition coefficient (Wildman–Crippen LogP) is 1.58. The molecule has 0 radical (unpaired) electrons. The lowest BCUT2D eigenvalue weighted by atomic mass is 9.97. The molecule has 0 aromatic carbocycles. The minimum Gasteiger partial charge on any atom is -0.389 e. The Morgan fingerprint density at radius 3 is 2.77 bits per heavy atom. The molecule has 1 saturated heterocycles. The van der Waals surface area contributed by atoms with Gasteiger partial charge in [-0.1, -0.05) is 0 Å². The molecule has 1 rings (SSSR count). The first-order valence-corrected chi connectivity index (χ1v) is 6.40. The standard InChI is InChI=1S/C10H21NOS/c1-10(2,12)9-5-4-6-11(9)7-8-13-3/h9,12H,4-8H2,1-3H3. The van der Waals surface area contributed by atoms with E-state index in [-0.39, 0.29) is 0 Å². The maximum atomic E-state index is 9.94. The normalized spacial score (nSPS) is 25.4. The number of aliphatic hydroxyl groups is 1. The molecule has 1 fully saturated rings. The highest BCUT2D eigenvalue weighted by atomic mass is 32.2. The van der Waals surface area contributed by atoms with Crippen LogP contribution in [0.4, 0.5) is 0 Å². The summed E-state index contributed by atoms with van der Waals surface area (Å²) in [7, 11) is 0. The Balaban J connectivity index is 2.44. The number of rotatable bonds is 4. The van der Waals surface area contributed by atoms with Crippen molar-refractivity contribution in [1.29, 1.82) is 0 Å². The number of thioether (sulfide) groups is 1. The molecule has 0 aromatic heterocycles. The summed E-state index contributed by atoms with van der Waals surface area (Å²) in [5.41, 5.74) is -0.533. The molecule has 78 valence electrons. The van der Waals surface area contributed by atoms with E-state index in [1.807, 2.05) is 25.6 Å². The van der Waals surface area contributed by atoms with Crippen molar-refractivity contribution in [2.45, 2.75) is 38.3 Å². The van der Waals surface area contributed by atoms with Crippen LogP contribution in [0.2, 0.25) is 0 Å². The largest absolute Gasteiger partial charge is 0.389 e. The summed E-state index contributed by atoms with van der Waals surface area (Å²) in [5.74, 6) is 1.17. The summed E-state index contributed by atoms with van der Waals surface area (Å²) in [6.45, 7) is 6.13. The van der Waals surface area contributed by atoms with E-state index in [9.17, 15) is 5.11 Å². The Bertz CT molecular complexity index is 155. The fourth-order valence-corrected chi connectivity index (χ4v) is 2.52. The van der Waals surface area contributed by atoms with Crippen LogP contribution in [0.3, 0.4) is 0 Å². The zero-order valence-electron chi connectivity index (χ0n) is 8.92. The lowest BCUT2D eigenvalue weighted by Gasteiger charge is -2.33. The Hall–Kier alpha value is 0.270. The van der Waals surface area contributed by atoms with Gasteiger partial charge in [0, 0.05) is 18.3 Å². The molecule has 1 heterocycles. The van der Waals surface area contributed by atoms with Crippen molar-refractivity contribution in [2.24, 2.45) is 0 Å². The third-order valence-corrected chi connectivity index (χ3v) is 3.35. The minimum atomic E-state index is -0.533. The molecule has 2 nitrogen and oxygen atoms in total. The van der Waals surface area contributed by atoms with Crippen molar-refractivity contribution < 1.29 is 5.11 Å². The average molecular weight is 203 g/mol. The Kier molecular flexibility index (Phi) is 4.07. The lowest BCUT2D eigenvalue weighted by Crippen LogP contribution is -2.46. The molecule has 1 aliphatic heterocycles. The lowest BCUT2D eigenvalue weighted by molar-refractivity contribution is -0.000265. The van der Waals surface area contributed by atoms with Gasteiger partial charge in [0.15, 0.2) is 0 Å². The van der Waals surface area contributed by atoms with Gasteiger partial charge in [-0.2, -0.15) is 11.8 Å². The highest BCUT2D eigenvalue weighted by Crippen LogP contribution is 2.26. The molecule has 3 heteroatoms. The van der Waals surface area contributed by atoms with Gasteiger partial charge in [0.05, 0.1) is 5.60 Å². The third kappa shape index (κ3) is 3.15. The molecule has 0 bridgehead atoms. The second-order valence-corrected chi connectivity index (χ2v) is 5.33. The van der Waals surface area contributed by atoms with Crippen LogP contribution in [0, 0.1) is 0 Å². The number of nitrogens with zero attached hydrogens (tertiary/aromatic N) is 1. The topological polar surface area (TPSA) is 23.5 Å². The van der Waals surface area contributed by atoms with Crippen LogP contribution in [0.15, 0.2) is 0 Å². The maximum Gasteiger partial charge on any atom is 0.0746 e. The van der Waals surface area contributed by atoms with Gasteiger partial charge in [-0.15, -0.1) is 0 Å². The van der Waals surface area contributed by atoms with Gasteiger partial charge >= 0.3 is 0 Å². The molecule has 0 amide bonds. The Morgan fingerprint density at radius 1 is 1.54 bits per heavy atom. The average Bonchev–Trinajstić information content (AvgIpc) is 2.47. The summed E-state index contributed by atoms with van der Waals surface area (Å²) < 4.78 is 0. The molecule has 1 unspecified atom stereocenters. The van der Waals surface area contributed by atoms with E-state index in [2.05, 4.69) is 11.2 Å². The molecule has 1 atom stereocenters. The van der Waals surface area contributed by atoms with Crippen LogP contribution in [0.1, 0.15) is 26.7 Å². The van der Waals surface area contributed by atoms with E-state index in [0.717, 1.165) is 19.5 Å². The van der Waals surface area contributed by atoms with E-state index >= 15 is 0 Å². The van der Waals surface area contributed by atoms with Gasteiger partial charge in [-0.25, -0.2) is 0 Å². The van der Waals surface area contributed by atoms with E-state index in [0.29, 0.717) is 6.04 Å². The first-order valence-electron chi connectivity index (χ1n) is 5.01. The summed E-state index contributed by atoms with van der Waals surface area (Å²) in [5, 5.41) is 9.94. The second kappa shape index (κ2) is 4.67. The zero-order chi connectivity index (χ0) is 9.90. The molecule has 1 N–H and O–H groups in total. The van der Waals surface area contributed by atoms with Gasteiger partial charge in [-0.05, 0) is 39.5 Å². The van der Waals surface area contributed by atoms with Crippen molar-refractivity contribution in [3.63, 3.8) is 0 Å². The Morgan fingerprint density at radius 2 is 2.23 bits per heavy atom. The minimum absolute atomic E-state index is 0.375. The smallest absolute Gasteiger partial charge is 0.0746 e. The van der Waals surface area contributed by atoms with Gasteiger partial charge < -0.3 is 5.11 Å². The summed E-state index contributed by atoms with van der Waals surface area (Å²) >= 11 is 1.88. The first-order chi connectivity index (χ1) is 6.05. The summed E-state index contributed by atoms with van der Waals surface area (Å²) in [6.07, 6.45) is 4.52. The van der Waals surface area contributed by atoms with E-state index in [1.165, 1.54) is 12.2 Å². The van der Waals surface area contributed by atoms with Gasteiger partial charge in [0.2, 0.25) is 0 Å². The maximum absolute atomic E-state index is 9.94. The monoisotopic (exact) mass is 203 g/mol. The van der Waals surface area contributed by atoms with Crippen molar-refractivity contribution in [1.82, 2.24) is 4.90 Å². The highest BCUT2D eigenvalue weighted by Gasteiger charge is 2.35. The number of hydrogen-bond acceptors (Lipinski definition) is 3. The molecule has 0 spiro atoms. The molecule has 0 aromatic rings. The molecular formula is C10H21NOS. The van der Waals surface area contributed by atoms with Crippen molar-refractivity contribution in [2.75, 3.05) is 25.1 Å². The Labute approximate surface area is 85.7 Å². The van der Waals surface area contributed by atoms with E-state index < -0.39 is 5.60 Å². The molecular weight excluding hydrogens is 182 g/mol. The highest BCUT2D eigenvalue weighted by molar-refractivity contribution is 7.98. The zero-order valence-corrected chi connectivity index (χ0v) is 9.73. The van der Waals surface area contributed by atoms with Crippen LogP contribution in [0.25, 0.3) is 0 Å². The predicted molar refractivity (Wildman–Crippen MR) is 59.3 cm³/mol. The molecule has 1 aliphatic rings. The van der Waals surface area contributed by atoms with Crippen LogP contribution in [0.5, 0.6) is 0 Å². The quantitative estimate of drug-likeness (QED) is 0.750. The van der Waals surface area contributed by atoms with Crippen molar-refractivity contribution >= 4 is 11.8 Å². The summed E-state index contributed by atoms with van der Waals surface area (Å²) in [4.78, 5) is 2.43. The van der Waals surface area contributed by atoms with Crippen molar-refractivity contribution in [3.8, 4) is 0 Å². The second-order valence-electron chi connectivity index (χ2n) is 4.34. The number of likely N-dealkylation sites (tertiary alicyclic amines) is 1. The van der Waals surface area contributed by atoms with Crippen molar-refractivity contribution in [3.05, 3.63) is 0 Å². The fraction of sp³-hybridized carbons (Fsp3) is 1.00. The molecule has 13 heavy (non-hydrogen) atoms. The van der Waals surface area contributed by atoms with Crippen LogP contribution in [-0.4, -0.2) is 46.7 Å². The third-order valence-electron chi connectivity index (χ3n) is 2.76. The first kappa shape index (κ1) is 11.3. The SMILES string of the molecule is CSCCN1CCCC1C(C)(C)O. The van der Waals surface area contributed by atoms with Crippen LogP contribution >= 0.6 is 11.8 Å². The molecule has 0 aliphatic carbocycles. The van der Waals surface area contributed by atoms with Gasteiger partial charge in [-0.3, -0.25) is 4.90 Å². The van der Waals surface area contributed by atoms with Crippen LogP contribution < -0.4 is 0 Å². The molecule has 0 saturated carbocycles. The van der Waals surface area contributed by atoms with Crippen LogP contribution in [-0.2, 0) is 0 Å². The summed E-state index contributed by atoms with van der Waals surface area (Å²) in [6, 6.07) is 0.375. The number of hydrogen-bond donors (Lipinski definition) is 1. The van der Waals surface area contributed by atoms with Gasteiger partial charge in [0.25, 0.3) is 0 Å².